The van der Waals surface area contributed by atoms with Crippen LogP contribution in [-0.2, 0) is 0 Å². The van der Waals surface area contributed by atoms with Gasteiger partial charge in [0.1, 0.15) is 16.9 Å². The molecule has 0 amide bonds. The third-order valence-corrected chi connectivity index (χ3v) is 3.14. The highest BCUT2D eigenvalue weighted by Gasteiger charge is 2.11. The van der Waals surface area contributed by atoms with E-state index in [9.17, 15) is 0 Å². The van der Waals surface area contributed by atoms with E-state index in [4.69, 9.17) is 23.2 Å². The van der Waals surface area contributed by atoms with Gasteiger partial charge in [0, 0.05) is 0 Å². The first-order chi connectivity index (χ1) is 8.72. The van der Waals surface area contributed by atoms with Crippen molar-refractivity contribution in [3.63, 3.8) is 0 Å². The van der Waals surface area contributed by atoms with Crippen LogP contribution in [0, 0.1) is 0 Å². The topological polar surface area (TPSA) is 93.1 Å². The summed E-state index contributed by atoms with van der Waals surface area (Å²) in [7, 11) is 0. The van der Waals surface area contributed by atoms with Crippen molar-refractivity contribution < 1.29 is 0 Å². The predicted octanol–water partition coefficient (Wildman–Crippen LogP) is 2.00. The standard InChI is InChI=1S/C8H3Cl2N7S/c9-6-15-7(10)17-8(16-6)18-5-3-4(12-1-11-3)13-2-14-5/h1-2H,(H,11,12,13,14). The highest BCUT2D eigenvalue weighted by Crippen LogP contribution is 2.27. The van der Waals surface area contributed by atoms with Gasteiger partial charge in [-0.25, -0.2) is 15.0 Å². The molecule has 0 saturated carbocycles. The minimum atomic E-state index is 0.0346. The van der Waals surface area contributed by atoms with E-state index in [2.05, 4.69) is 34.9 Å². The van der Waals surface area contributed by atoms with Gasteiger partial charge in [-0.1, -0.05) is 0 Å². The van der Waals surface area contributed by atoms with E-state index in [0.717, 1.165) is 0 Å². The van der Waals surface area contributed by atoms with Gasteiger partial charge in [-0.2, -0.15) is 15.0 Å². The summed E-state index contributed by atoms with van der Waals surface area (Å²) in [5, 5.41) is 1.06. The number of nitrogens with zero attached hydrogens (tertiary/aromatic N) is 6. The molecule has 3 rings (SSSR count). The fourth-order valence-electron chi connectivity index (χ4n) is 1.26. The zero-order valence-electron chi connectivity index (χ0n) is 8.50. The first-order valence-corrected chi connectivity index (χ1v) is 6.18. The smallest absolute Gasteiger partial charge is 0.227 e. The van der Waals surface area contributed by atoms with Crippen molar-refractivity contribution in [2.75, 3.05) is 0 Å². The summed E-state index contributed by atoms with van der Waals surface area (Å²) >= 11 is 12.6. The molecule has 0 aliphatic carbocycles. The second kappa shape index (κ2) is 4.63. The van der Waals surface area contributed by atoms with Crippen molar-refractivity contribution in [1.82, 2.24) is 34.9 Å². The van der Waals surface area contributed by atoms with Gasteiger partial charge < -0.3 is 4.98 Å². The van der Waals surface area contributed by atoms with Gasteiger partial charge in [0.05, 0.1) is 6.33 Å². The van der Waals surface area contributed by atoms with E-state index < -0.39 is 0 Å². The molecule has 0 fully saturated rings. The van der Waals surface area contributed by atoms with Gasteiger partial charge in [-0.05, 0) is 35.0 Å². The molecule has 0 bridgehead atoms. The second-order valence-electron chi connectivity index (χ2n) is 3.04. The molecule has 0 atom stereocenters. The molecule has 0 saturated heterocycles. The van der Waals surface area contributed by atoms with Crippen LogP contribution >= 0.6 is 35.0 Å². The maximum atomic E-state index is 5.70. The van der Waals surface area contributed by atoms with Crippen LogP contribution in [-0.4, -0.2) is 34.9 Å². The molecule has 18 heavy (non-hydrogen) atoms. The van der Waals surface area contributed by atoms with Crippen molar-refractivity contribution in [3.05, 3.63) is 23.2 Å². The summed E-state index contributed by atoms with van der Waals surface area (Å²) in [6, 6.07) is 0. The summed E-state index contributed by atoms with van der Waals surface area (Å²) in [4.78, 5) is 26.7. The van der Waals surface area contributed by atoms with Gasteiger partial charge >= 0.3 is 0 Å². The molecule has 0 radical (unpaired) electrons. The van der Waals surface area contributed by atoms with Crippen LogP contribution in [0.15, 0.2) is 22.8 Å². The lowest BCUT2D eigenvalue weighted by Crippen LogP contribution is -1.93. The molecule has 10 heteroatoms. The minimum Gasteiger partial charge on any atom is -0.341 e. The fraction of sp³-hybridized carbons (Fsp3) is 0. The second-order valence-corrected chi connectivity index (χ2v) is 4.67. The quantitative estimate of drug-likeness (QED) is 0.723. The average Bonchev–Trinajstić information content (AvgIpc) is 2.76. The Morgan fingerprint density at radius 2 is 1.78 bits per heavy atom. The van der Waals surface area contributed by atoms with Crippen LogP contribution in [0.2, 0.25) is 10.6 Å². The van der Waals surface area contributed by atoms with E-state index in [1.54, 1.807) is 0 Å². The van der Waals surface area contributed by atoms with Crippen molar-refractivity contribution in [1.29, 1.82) is 0 Å². The molecule has 3 aromatic heterocycles. The Morgan fingerprint density at radius 1 is 1.00 bits per heavy atom. The number of nitrogens with one attached hydrogen (secondary N) is 1. The molecule has 3 aromatic rings. The molecule has 0 aromatic carbocycles. The zero-order valence-corrected chi connectivity index (χ0v) is 10.8. The van der Waals surface area contributed by atoms with E-state index in [-0.39, 0.29) is 10.6 Å². The van der Waals surface area contributed by atoms with Crippen LogP contribution in [0.1, 0.15) is 0 Å². The average molecular weight is 300 g/mol. The largest absolute Gasteiger partial charge is 0.341 e. The van der Waals surface area contributed by atoms with Gasteiger partial charge in [0.25, 0.3) is 0 Å². The number of rotatable bonds is 2. The number of aromatic amines is 1. The Morgan fingerprint density at radius 3 is 2.56 bits per heavy atom. The maximum Gasteiger partial charge on any atom is 0.227 e. The Balaban J connectivity index is 2.03. The van der Waals surface area contributed by atoms with Crippen LogP contribution in [0.3, 0.4) is 0 Å². The number of H-pyrrole nitrogens is 1. The number of imidazole rings is 1. The van der Waals surface area contributed by atoms with Gasteiger partial charge in [-0.15, -0.1) is 0 Å². The zero-order chi connectivity index (χ0) is 12.5. The molecule has 7 nitrogen and oxygen atoms in total. The van der Waals surface area contributed by atoms with Crippen molar-refractivity contribution in [3.8, 4) is 0 Å². The molecule has 0 spiro atoms. The highest BCUT2D eigenvalue weighted by atomic mass is 35.5. The lowest BCUT2D eigenvalue weighted by Gasteiger charge is -2.00. The first-order valence-electron chi connectivity index (χ1n) is 4.61. The summed E-state index contributed by atoms with van der Waals surface area (Å²) in [6.07, 6.45) is 2.95. The Labute approximate surface area is 114 Å². The SMILES string of the molecule is Clc1nc(Cl)nc(Sc2ncnc3nc[nH]c23)n1. The molecular weight excluding hydrogens is 297 g/mol. The van der Waals surface area contributed by atoms with Gasteiger partial charge in [0.2, 0.25) is 10.6 Å². The fourth-order valence-corrected chi connectivity index (χ4v) is 2.51. The van der Waals surface area contributed by atoms with Crippen LogP contribution in [0.25, 0.3) is 11.2 Å². The molecule has 90 valence electrons. The molecular formula is C8H3Cl2N7S. The predicted molar refractivity (Wildman–Crippen MR) is 65.7 cm³/mol. The minimum absolute atomic E-state index is 0.0346. The van der Waals surface area contributed by atoms with Crippen LogP contribution in [0.4, 0.5) is 0 Å². The monoisotopic (exact) mass is 299 g/mol. The highest BCUT2D eigenvalue weighted by molar-refractivity contribution is 7.99. The summed E-state index contributed by atoms with van der Waals surface area (Å²) < 4.78 is 0. The molecule has 1 N–H and O–H groups in total. The lowest BCUT2D eigenvalue weighted by molar-refractivity contribution is 0.900. The summed E-state index contributed by atoms with van der Waals surface area (Å²) in [5.41, 5.74) is 1.27. The molecule has 0 aliphatic rings. The Hall–Kier alpha value is -1.51. The maximum absolute atomic E-state index is 5.70. The molecule has 0 aliphatic heterocycles. The van der Waals surface area contributed by atoms with Crippen molar-refractivity contribution >= 4 is 46.1 Å². The van der Waals surface area contributed by atoms with Crippen LogP contribution < -0.4 is 0 Å². The Bertz CT molecular complexity index is 695. The first kappa shape index (κ1) is 11.6. The normalized spacial score (nSPS) is 11.0. The van der Waals surface area contributed by atoms with Gasteiger partial charge in [0.15, 0.2) is 10.8 Å². The lowest BCUT2D eigenvalue weighted by atomic mass is 10.6. The number of hydrogen-bond donors (Lipinski definition) is 1. The third kappa shape index (κ3) is 2.22. The van der Waals surface area contributed by atoms with E-state index in [1.165, 1.54) is 24.4 Å². The number of fused-ring (bicyclic) bond motifs is 1. The molecule has 0 unspecified atom stereocenters. The number of hydrogen-bond acceptors (Lipinski definition) is 7. The van der Waals surface area contributed by atoms with Crippen LogP contribution in [0.5, 0.6) is 0 Å². The third-order valence-electron chi connectivity index (χ3n) is 1.94. The molecule has 3 heterocycles. The number of halogens is 2. The van der Waals surface area contributed by atoms with E-state index in [1.807, 2.05) is 0 Å². The van der Waals surface area contributed by atoms with E-state index in [0.29, 0.717) is 21.3 Å². The van der Waals surface area contributed by atoms with Crippen molar-refractivity contribution in [2.24, 2.45) is 0 Å². The van der Waals surface area contributed by atoms with E-state index >= 15 is 0 Å². The Kier molecular flexibility index (Phi) is 2.98. The summed E-state index contributed by atoms with van der Waals surface area (Å²) in [6.45, 7) is 0. The summed E-state index contributed by atoms with van der Waals surface area (Å²) in [5.74, 6) is 0. The number of aromatic nitrogens is 7. The van der Waals surface area contributed by atoms with Crippen molar-refractivity contribution in [2.45, 2.75) is 10.2 Å². The van der Waals surface area contributed by atoms with Gasteiger partial charge in [-0.3, -0.25) is 0 Å².